The number of halogens is 1. The van der Waals surface area contributed by atoms with Crippen LogP contribution in [-0.4, -0.2) is 37.5 Å². The number of nitrogens with zero attached hydrogens (tertiary/aromatic N) is 5. The van der Waals surface area contributed by atoms with Crippen molar-refractivity contribution < 1.29 is 0 Å². The summed E-state index contributed by atoms with van der Waals surface area (Å²) in [6.45, 7) is 6.21. The van der Waals surface area contributed by atoms with E-state index in [2.05, 4.69) is 45.3 Å². The molecular formula is C17H22BrN7. The quantitative estimate of drug-likeness (QED) is 0.701. The van der Waals surface area contributed by atoms with Gasteiger partial charge in [0.2, 0.25) is 0 Å². The SMILES string of the molecule is CC(C)n1cc(-c2cnn3c(N)c(Br)c([C@@H]4CCCNC4)nc23)cn1. The van der Waals surface area contributed by atoms with Crippen molar-refractivity contribution in [3.05, 3.63) is 28.8 Å². The molecule has 7 nitrogen and oxygen atoms in total. The van der Waals surface area contributed by atoms with E-state index < -0.39 is 0 Å². The first-order chi connectivity index (χ1) is 12.1. The third kappa shape index (κ3) is 2.83. The Morgan fingerprint density at radius 1 is 1.32 bits per heavy atom. The van der Waals surface area contributed by atoms with Crippen molar-refractivity contribution in [2.24, 2.45) is 0 Å². The van der Waals surface area contributed by atoms with Gasteiger partial charge in [-0.25, -0.2) is 4.98 Å². The maximum atomic E-state index is 6.34. The molecule has 4 heterocycles. The van der Waals surface area contributed by atoms with Crippen molar-refractivity contribution in [1.29, 1.82) is 0 Å². The Balaban J connectivity index is 1.84. The lowest BCUT2D eigenvalue weighted by Gasteiger charge is -2.23. The summed E-state index contributed by atoms with van der Waals surface area (Å²) in [5, 5.41) is 12.3. The zero-order valence-electron chi connectivity index (χ0n) is 14.4. The molecule has 0 bridgehead atoms. The maximum Gasteiger partial charge on any atom is 0.165 e. The summed E-state index contributed by atoms with van der Waals surface area (Å²) in [5.41, 5.74) is 10.1. The van der Waals surface area contributed by atoms with Crippen molar-refractivity contribution in [2.45, 2.75) is 38.6 Å². The van der Waals surface area contributed by atoms with E-state index in [0.29, 0.717) is 17.8 Å². The minimum absolute atomic E-state index is 0.312. The number of nitrogens with two attached hydrogens (primary N) is 1. The molecule has 1 atom stereocenters. The van der Waals surface area contributed by atoms with Crippen LogP contribution in [-0.2, 0) is 0 Å². The summed E-state index contributed by atoms with van der Waals surface area (Å²) >= 11 is 3.63. The van der Waals surface area contributed by atoms with Crippen LogP contribution < -0.4 is 11.1 Å². The number of piperidine rings is 1. The molecule has 0 saturated carbocycles. The van der Waals surface area contributed by atoms with E-state index in [1.807, 2.05) is 23.3 Å². The van der Waals surface area contributed by atoms with E-state index in [-0.39, 0.29) is 0 Å². The van der Waals surface area contributed by atoms with Crippen LogP contribution in [0.3, 0.4) is 0 Å². The van der Waals surface area contributed by atoms with Gasteiger partial charge in [-0.05, 0) is 49.2 Å². The Labute approximate surface area is 154 Å². The smallest absolute Gasteiger partial charge is 0.165 e. The Morgan fingerprint density at radius 2 is 2.16 bits per heavy atom. The second-order valence-corrected chi connectivity index (χ2v) is 7.63. The molecule has 8 heteroatoms. The molecule has 0 unspecified atom stereocenters. The zero-order valence-corrected chi connectivity index (χ0v) is 16.0. The molecule has 1 aliphatic heterocycles. The number of fused-ring (bicyclic) bond motifs is 1. The Hall–Kier alpha value is -1.93. The van der Waals surface area contributed by atoms with Crippen LogP contribution in [0.5, 0.6) is 0 Å². The first kappa shape index (κ1) is 16.5. The van der Waals surface area contributed by atoms with Crippen LogP contribution in [0.4, 0.5) is 5.82 Å². The largest absolute Gasteiger partial charge is 0.383 e. The van der Waals surface area contributed by atoms with E-state index >= 15 is 0 Å². The van der Waals surface area contributed by atoms with Crippen molar-refractivity contribution in [2.75, 3.05) is 18.8 Å². The molecule has 1 aliphatic rings. The third-order valence-electron chi connectivity index (χ3n) is 4.77. The summed E-state index contributed by atoms with van der Waals surface area (Å²) in [7, 11) is 0. The first-order valence-corrected chi connectivity index (χ1v) is 9.43. The summed E-state index contributed by atoms with van der Waals surface area (Å²) < 4.78 is 4.49. The fraction of sp³-hybridized carbons (Fsp3) is 0.471. The van der Waals surface area contributed by atoms with E-state index in [0.717, 1.165) is 52.9 Å². The molecule has 25 heavy (non-hydrogen) atoms. The normalized spacial score (nSPS) is 18.3. The van der Waals surface area contributed by atoms with Crippen molar-refractivity contribution >= 4 is 27.4 Å². The summed E-state index contributed by atoms with van der Waals surface area (Å²) in [5.74, 6) is 0.949. The van der Waals surface area contributed by atoms with Gasteiger partial charge in [-0.15, -0.1) is 0 Å². The standard InChI is InChI=1S/C17H22BrN7/c1-10(2)24-9-12(7-21-24)13-8-22-25-16(19)14(18)15(23-17(13)25)11-4-3-5-20-6-11/h7-11,20H,3-6,19H2,1-2H3/t11-/m1/s1. The first-order valence-electron chi connectivity index (χ1n) is 8.64. The predicted molar refractivity (Wildman–Crippen MR) is 102 cm³/mol. The van der Waals surface area contributed by atoms with Gasteiger partial charge in [0.25, 0.3) is 0 Å². The molecular weight excluding hydrogens is 382 g/mol. The summed E-state index contributed by atoms with van der Waals surface area (Å²) in [6.07, 6.45) is 7.97. The lowest BCUT2D eigenvalue weighted by Crippen LogP contribution is -2.29. The van der Waals surface area contributed by atoms with Gasteiger partial charge >= 0.3 is 0 Å². The van der Waals surface area contributed by atoms with Crippen LogP contribution in [0, 0.1) is 0 Å². The van der Waals surface area contributed by atoms with Crippen LogP contribution in [0.15, 0.2) is 23.1 Å². The fourth-order valence-electron chi connectivity index (χ4n) is 3.33. The molecule has 0 spiro atoms. The number of nitrogens with one attached hydrogen (secondary N) is 1. The second-order valence-electron chi connectivity index (χ2n) is 6.84. The highest BCUT2D eigenvalue weighted by atomic mass is 79.9. The molecule has 0 aromatic carbocycles. The topological polar surface area (TPSA) is 86.1 Å². The van der Waals surface area contributed by atoms with Gasteiger partial charge in [-0.1, -0.05) is 0 Å². The predicted octanol–water partition coefficient (Wildman–Crippen LogP) is 2.99. The highest BCUT2D eigenvalue weighted by molar-refractivity contribution is 9.10. The number of aromatic nitrogens is 5. The Morgan fingerprint density at radius 3 is 2.84 bits per heavy atom. The minimum atomic E-state index is 0.312. The summed E-state index contributed by atoms with van der Waals surface area (Å²) in [4.78, 5) is 4.95. The average molecular weight is 404 g/mol. The molecule has 0 aliphatic carbocycles. The molecule has 1 fully saturated rings. The molecule has 3 aromatic rings. The third-order valence-corrected chi connectivity index (χ3v) is 5.59. The van der Waals surface area contributed by atoms with Gasteiger partial charge in [0, 0.05) is 35.8 Å². The monoisotopic (exact) mass is 403 g/mol. The second kappa shape index (κ2) is 6.42. The molecule has 4 rings (SSSR count). The van der Waals surface area contributed by atoms with Gasteiger partial charge in [0.1, 0.15) is 5.82 Å². The van der Waals surface area contributed by atoms with E-state index in [9.17, 15) is 0 Å². The number of anilines is 1. The molecule has 3 N–H and O–H groups in total. The van der Waals surface area contributed by atoms with Crippen molar-refractivity contribution in [1.82, 2.24) is 29.7 Å². The summed E-state index contributed by atoms with van der Waals surface area (Å²) in [6, 6.07) is 0.312. The highest BCUT2D eigenvalue weighted by Gasteiger charge is 2.24. The number of rotatable bonds is 3. The fourth-order valence-corrected chi connectivity index (χ4v) is 3.91. The van der Waals surface area contributed by atoms with Gasteiger partial charge in [-0.3, -0.25) is 4.68 Å². The van der Waals surface area contributed by atoms with Crippen molar-refractivity contribution in [3.8, 4) is 11.1 Å². The molecule has 0 amide bonds. The zero-order chi connectivity index (χ0) is 17.6. The average Bonchev–Trinajstić information content (AvgIpc) is 3.25. The van der Waals surface area contributed by atoms with Crippen LogP contribution >= 0.6 is 15.9 Å². The minimum Gasteiger partial charge on any atom is -0.383 e. The van der Waals surface area contributed by atoms with Crippen LogP contribution in [0.25, 0.3) is 16.8 Å². The van der Waals surface area contributed by atoms with Gasteiger partial charge in [0.05, 0.1) is 22.6 Å². The van der Waals surface area contributed by atoms with Gasteiger partial charge in [-0.2, -0.15) is 14.7 Å². The van der Waals surface area contributed by atoms with Crippen LogP contribution in [0.1, 0.15) is 44.3 Å². The lowest BCUT2D eigenvalue weighted by molar-refractivity contribution is 0.453. The Kier molecular flexibility index (Phi) is 4.24. The van der Waals surface area contributed by atoms with Gasteiger partial charge in [0.15, 0.2) is 5.65 Å². The van der Waals surface area contributed by atoms with E-state index in [1.165, 1.54) is 0 Å². The molecule has 1 saturated heterocycles. The highest BCUT2D eigenvalue weighted by Crippen LogP contribution is 2.35. The van der Waals surface area contributed by atoms with Crippen LogP contribution in [0.2, 0.25) is 0 Å². The number of nitrogen functional groups attached to an aromatic ring is 1. The maximum absolute atomic E-state index is 6.34. The molecule has 132 valence electrons. The van der Waals surface area contributed by atoms with Gasteiger partial charge < -0.3 is 11.1 Å². The Bertz CT molecular complexity index is 905. The molecule has 3 aromatic heterocycles. The van der Waals surface area contributed by atoms with E-state index in [4.69, 9.17) is 10.7 Å². The molecule has 0 radical (unpaired) electrons. The number of hydrogen-bond acceptors (Lipinski definition) is 5. The van der Waals surface area contributed by atoms with Crippen molar-refractivity contribution in [3.63, 3.8) is 0 Å². The van der Waals surface area contributed by atoms with E-state index in [1.54, 1.807) is 4.52 Å². The number of hydrogen-bond donors (Lipinski definition) is 2. The lowest BCUT2D eigenvalue weighted by atomic mass is 9.96.